The summed E-state index contributed by atoms with van der Waals surface area (Å²) in [5, 5.41) is 2.76. The summed E-state index contributed by atoms with van der Waals surface area (Å²) in [6.07, 6.45) is 0. The first kappa shape index (κ1) is 11.3. The number of carbonyl (C=O) groups excluding carboxylic acids is 1. The second-order valence-electron chi connectivity index (χ2n) is 3.93. The first-order valence-corrected chi connectivity index (χ1v) is 5.75. The maximum absolute atomic E-state index is 11.9. The first-order valence-electron chi connectivity index (χ1n) is 5.32. The van der Waals surface area contributed by atoms with Gasteiger partial charge in [0.1, 0.15) is 18.3 Å². The van der Waals surface area contributed by atoms with E-state index in [1.807, 2.05) is 31.2 Å². The molecule has 1 aromatic carbocycles. The lowest BCUT2D eigenvalue weighted by atomic mass is 10.0. The smallest absolute Gasteiger partial charge is 0.231 e. The Kier molecular flexibility index (Phi) is 3.34. The van der Waals surface area contributed by atoms with Crippen LogP contribution in [-0.2, 0) is 4.79 Å². The molecule has 0 saturated carbocycles. The van der Waals surface area contributed by atoms with Gasteiger partial charge in [-0.2, -0.15) is 0 Å². The number of hydrogen-bond acceptors (Lipinski definition) is 2. The highest BCUT2D eigenvalue weighted by molar-refractivity contribution is 6.20. The predicted molar refractivity (Wildman–Crippen MR) is 63.0 cm³/mol. The van der Waals surface area contributed by atoms with Crippen LogP contribution in [0.2, 0.25) is 0 Å². The van der Waals surface area contributed by atoms with E-state index in [0.29, 0.717) is 13.2 Å². The quantitative estimate of drug-likeness (QED) is 0.819. The van der Waals surface area contributed by atoms with E-state index in [9.17, 15) is 4.79 Å². The molecule has 1 amide bonds. The highest BCUT2D eigenvalue weighted by atomic mass is 35.5. The van der Waals surface area contributed by atoms with E-state index in [1.165, 1.54) is 0 Å². The van der Waals surface area contributed by atoms with Crippen LogP contribution < -0.4 is 10.1 Å². The normalized spacial score (nSPS) is 19.8. The molecule has 86 valence electrons. The van der Waals surface area contributed by atoms with Gasteiger partial charge in [0.25, 0.3) is 0 Å². The Labute approximate surface area is 99.7 Å². The van der Waals surface area contributed by atoms with Gasteiger partial charge in [-0.05, 0) is 13.0 Å². The maximum atomic E-state index is 11.9. The van der Waals surface area contributed by atoms with E-state index in [1.54, 1.807) is 0 Å². The molecular weight excluding hydrogens is 226 g/mol. The van der Waals surface area contributed by atoms with E-state index in [4.69, 9.17) is 16.3 Å². The first-order chi connectivity index (χ1) is 7.68. The number of amides is 1. The van der Waals surface area contributed by atoms with Crippen molar-refractivity contribution in [3.63, 3.8) is 0 Å². The number of ether oxygens (including phenoxy) is 1. The van der Waals surface area contributed by atoms with Crippen LogP contribution in [0.1, 0.15) is 18.4 Å². The third kappa shape index (κ3) is 2.30. The van der Waals surface area contributed by atoms with E-state index in [-0.39, 0.29) is 17.2 Å². The third-order valence-corrected chi connectivity index (χ3v) is 2.73. The van der Waals surface area contributed by atoms with Crippen molar-refractivity contribution in [2.24, 2.45) is 0 Å². The average Bonchev–Trinajstić information content (AvgIpc) is 2.69. The Morgan fingerprint density at radius 3 is 3.12 bits per heavy atom. The summed E-state index contributed by atoms with van der Waals surface area (Å²) in [5.74, 6) is 0.589. The van der Waals surface area contributed by atoms with Crippen molar-refractivity contribution < 1.29 is 9.53 Å². The zero-order chi connectivity index (χ0) is 11.5. The monoisotopic (exact) mass is 239 g/mol. The van der Waals surface area contributed by atoms with Crippen LogP contribution in [0, 0.1) is 0 Å². The van der Waals surface area contributed by atoms with Gasteiger partial charge in [0.2, 0.25) is 5.91 Å². The van der Waals surface area contributed by atoms with Gasteiger partial charge in [0.05, 0.1) is 0 Å². The van der Waals surface area contributed by atoms with Gasteiger partial charge in [-0.3, -0.25) is 4.79 Å². The fourth-order valence-electron chi connectivity index (χ4n) is 1.74. The minimum absolute atomic E-state index is 0.0162. The molecule has 1 aliphatic heterocycles. The number of hydrogen-bond donors (Lipinski definition) is 1. The molecule has 0 aromatic heterocycles. The molecule has 1 aliphatic rings. The molecule has 3 nitrogen and oxygen atoms in total. The van der Waals surface area contributed by atoms with Crippen molar-refractivity contribution in [2.45, 2.75) is 18.2 Å². The second kappa shape index (κ2) is 4.74. The molecule has 2 atom stereocenters. The van der Waals surface area contributed by atoms with E-state index >= 15 is 0 Å². The lowest BCUT2D eigenvalue weighted by Crippen LogP contribution is -2.33. The maximum Gasteiger partial charge on any atom is 0.231 e. The van der Waals surface area contributed by atoms with Gasteiger partial charge in [0, 0.05) is 17.5 Å². The van der Waals surface area contributed by atoms with Crippen LogP contribution in [0.5, 0.6) is 5.75 Å². The highest BCUT2D eigenvalue weighted by Crippen LogP contribution is 2.33. The lowest BCUT2D eigenvalue weighted by molar-refractivity contribution is -0.122. The molecule has 4 heteroatoms. The summed E-state index contributed by atoms with van der Waals surface area (Å²) in [4.78, 5) is 11.9. The van der Waals surface area contributed by atoms with Gasteiger partial charge in [0.15, 0.2) is 0 Å². The van der Waals surface area contributed by atoms with Crippen molar-refractivity contribution in [3.8, 4) is 5.75 Å². The van der Waals surface area contributed by atoms with Gasteiger partial charge in [-0.25, -0.2) is 0 Å². The van der Waals surface area contributed by atoms with E-state index in [2.05, 4.69) is 5.32 Å². The SMILES string of the molecule is CC(Cl)CNC(=O)C1COc2ccccc21. The molecule has 0 radical (unpaired) electrons. The molecule has 0 spiro atoms. The molecule has 2 rings (SSSR count). The Hall–Kier alpha value is -1.22. The van der Waals surface area contributed by atoms with Crippen LogP contribution in [0.15, 0.2) is 24.3 Å². The summed E-state index contributed by atoms with van der Waals surface area (Å²) in [5.41, 5.74) is 0.960. The van der Waals surface area contributed by atoms with Crippen molar-refractivity contribution in [2.75, 3.05) is 13.2 Å². The number of alkyl halides is 1. The number of para-hydroxylation sites is 1. The summed E-state index contributed by atoms with van der Waals surface area (Å²) >= 11 is 5.78. The molecule has 0 bridgehead atoms. The summed E-state index contributed by atoms with van der Waals surface area (Å²) in [7, 11) is 0. The van der Waals surface area contributed by atoms with Crippen molar-refractivity contribution in [3.05, 3.63) is 29.8 Å². The second-order valence-corrected chi connectivity index (χ2v) is 4.67. The Bertz CT molecular complexity index is 392. The van der Waals surface area contributed by atoms with Crippen molar-refractivity contribution in [1.29, 1.82) is 0 Å². The molecule has 0 saturated heterocycles. The largest absolute Gasteiger partial charge is 0.492 e. The Morgan fingerprint density at radius 2 is 2.38 bits per heavy atom. The minimum atomic E-state index is -0.202. The molecule has 0 aliphatic carbocycles. The molecule has 16 heavy (non-hydrogen) atoms. The third-order valence-electron chi connectivity index (χ3n) is 2.57. The number of halogens is 1. The number of carbonyl (C=O) groups is 1. The van der Waals surface area contributed by atoms with Crippen LogP contribution in [-0.4, -0.2) is 24.4 Å². The standard InChI is InChI=1S/C12H14ClNO2/c1-8(13)6-14-12(15)10-7-16-11-5-3-2-4-9(10)11/h2-5,8,10H,6-7H2,1H3,(H,14,15). The number of benzene rings is 1. The fraction of sp³-hybridized carbons (Fsp3) is 0.417. The zero-order valence-corrected chi connectivity index (χ0v) is 9.83. The van der Waals surface area contributed by atoms with E-state index < -0.39 is 0 Å². The van der Waals surface area contributed by atoms with Crippen LogP contribution >= 0.6 is 11.6 Å². The Balaban J connectivity index is 2.04. The van der Waals surface area contributed by atoms with Crippen molar-refractivity contribution in [1.82, 2.24) is 5.32 Å². The van der Waals surface area contributed by atoms with Crippen LogP contribution in [0.3, 0.4) is 0 Å². The highest BCUT2D eigenvalue weighted by Gasteiger charge is 2.29. The molecule has 1 aromatic rings. The summed E-state index contributed by atoms with van der Waals surface area (Å²) in [6.45, 7) is 2.75. The van der Waals surface area contributed by atoms with Gasteiger partial charge < -0.3 is 10.1 Å². The summed E-state index contributed by atoms with van der Waals surface area (Å²) < 4.78 is 5.45. The molecule has 1 N–H and O–H groups in total. The van der Waals surface area contributed by atoms with Gasteiger partial charge >= 0.3 is 0 Å². The molecule has 0 fully saturated rings. The van der Waals surface area contributed by atoms with E-state index in [0.717, 1.165) is 11.3 Å². The van der Waals surface area contributed by atoms with Gasteiger partial charge in [-0.15, -0.1) is 11.6 Å². The topological polar surface area (TPSA) is 38.3 Å². The number of nitrogens with one attached hydrogen (secondary N) is 1. The minimum Gasteiger partial charge on any atom is -0.492 e. The number of fused-ring (bicyclic) bond motifs is 1. The molecule has 2 unspecified atom stereocenters. The van der Waals surface area contributed by atoms with Crippen LogP contribution in [0.4, 0.5) is 0 Å². The predicted octanol–water partition coefficient (Wildman–Crippen LogP) is 1.91. The molecular formula is C12H14ClNO2. The Morgan fingerprint density at radius 1 is 1.62 bits per heavy atom. The number of rotatable bonds is 3. The summed E-state index contributed by atoms with van der Waals surface area (Å²) in [6, 6.07) is 7.63. The average molecular weight is 240 g/mol. The molecule has 1 heterocycles. The lowest BCUT2D eigenvalue weighted by Gasteiger charge is -2.10. The van der Waals surface area contributed by atoms with Gasteiger partial charge in [-0.1, -0.05) is 18.2 Å². The fourth-order valence-corrected chi connectivity index (χ4v) is 1.82. The van der Waals surface area contributed by atoms with Crippen molar-refractivity contribution >= 4 is 17.5 Å². The zero-order valence-electron chi connectivity index (χ0n) is 9.07. The van der Waals surface area contributed by atoms with Crippen LogP contribution in [0.25, 0.3) is 0 Å².